The van der Waals surface area contributed by atoms with Crippen molar-refractivity contribution in [2.24, 2.45) is 0 Å². The van der Waals surface area contributed by atoms with E-state index in [1.807, 2.05) is 24.3 Å². The highest BCUT2D eigenvalue weighted by Gasteiger charge is 2.43. The van der Waals surface area contributed by atoms with Crippen molar-refractivity contribution in [2.45, 2.75) is 43.5 Å². The van der Waals surface area contributed by atoms with Gasteiger partial charge in [-0.3, -0.25) is 0 Å². The zero-order chi connectivity index (χ0) is 17.8. The van der Waals surface area contributed by atoms with E-state index in [1.54, 1.807) is 6.20 Å². The normalized spacial score (nSPS) is 29.8. The fraction of sp³-hybridized carbons (Fsp3) is 0.529. The minimum Gasteiger partial charge on any atom is -0.394 e. The molecule has 4 N–H and O–H groups in total. The van der Waals surface area contributed by atoms with E-state index in [0.29, 0.717) is 18.7 Å². The lowest BCUT2D eigenvalue weighted by molar-refractivity contribution is -0.301. The Morgan fingerprint density at radius 3 is 2.68 bits per heavy atom. The Morgan fingerprint density at radius 2 is 1.88 bits per heavy atom. The Kier molecular flexibility index (Phi) is 5.89. The second kappa shape index (κ2) is 8.13. The summed E-state index contributed by atoms with van der Waals surface area (Å²) in [5.74, 6) is 0.691. The lowest BCUT2D eigenvalue weighted by Crippen LogP contribution is -2.59. The molecule has 0 amide bonds. The topological polar surface area (TPSA) is 125 Å². The molecule has 0 saturated carbocycles. The van der Waals surface area contributed by atoms with Crippen LogP contribution < -0.4 is 0 Å². The molecule has 1 aromatic heterocycles. The largest absolute Gasteiger partial charge is 0.394 e. The van der Waals surface area contributed by atoms with E-state index in [1.165, 1.54) is 0 Å². The number of para-hydroxylation sites is 1. The average Bonchev–Trinajstić information content (AvgIpc) is 2.64. The summed E-state index contributed by atoms with van der Waals surface area (Å²) < 4.78 is 10.7. The van der Waals surface area contributed by atoms with Crippen molar-refractivity contribution in [3.63, 3.8) is 0 Å². The zero-order valence-electron chi connectivity index (χ0n) is 13.6. The first-order valence-corrected chi connectivity index (χ1v) is 8.23. The fourth-order valence-corrected chi connectivity index (χ4v) is 2.77. The third kappa shape index (κ3) is 4.12. The predicted octanol–water partition coefficient (Wildman–Crippen LogP) is -0.621. The summed E-state index contributed by atoms with van der Waals surface area (Å²) in [6, 6.07) is 7.72. The van der Waals surface area contributed by atoms with Crippen LogP contribution in [-0.4, -0.2) is 74.3 Å². The number of aliphatic hydroxyl groups excluding tert-OH is 4. The quantitative estimate of drug-likeness (QED) is 0.508. The van der Waals surface area contributed by atoms with Crippen molar-refractivity contribution in [2.75, 3.05) is 13.2 Å². The van der Waals surface area contributed by atoms with Crippen molar-refractivity contribution in [1.29, 1.82) is 0 Å². The Morgan fingerprint density at radius 1 is 1.08 bits per heavy atom. The van der Waals surface area contributed by atoms with E-state index in [0.717, 1.165) is 10.9 Å². The molecular formula is C17H22N2O6. The monoisotopic (exact) mass is 350 g/mol. The summed E-state index contributed by atoms with van der Waals surface area (Å²) in [5, 5.41) is 39.4. The maximum absolute atomic E-state index is 9.89. The molecule has 0 unspecified atom stereocenters. The van der Waals surface area contributed by atoms with Crippen molar-refractivity contribution in [3.8, 4) is 0 Å². The van der Waals surface area contributed by atoms with E-state index in [-0.39, 0.29) is 6.61 Å². The van der Waals surface area contributed by atoms with Gasteiger partial charge in [-0.25, -0.2) is 9.97 Å². The van der Waals surface area contributed by atoms with E-state index >= 15 is 0 Å². The number of ether oxygens (including phenoxy) is 2. The number of benzene rings is 1. The van der Waals surface area contributed by atoms with Gasteiger partial charge in [0, 0.05) is 18.0 Å². The van der Waals surface area contributed by atoms with Gasteiger partial charge in [-0.05, 0) is 12.5 Å². The average molecular weight is 350 g/mol. The number of nitrogens with zero attached hydrogens (tertiary/aromatic N) is 2. The van der Waals surface area contributed by atoms with Gasteiger partial charge in [0.2, 0.25) is 0 Å². The molecule has 25 heavy (non-hydrogen) atoms. The van der Waals surface area contributed by atoms with Gasteiger partial charge in [-0.2, -0.15) is 0 Å². The van der Waals surface area contributed by atoms with Crippen LogP contribution >= 0.6 is 0 Å². The van der Waals surface area contributed by atoms with E-state index in [2.05, 4.69) is 9.97 Å². The van der Waals surface area contributed by atoms with Crippen LogP contribution in [0.25, 0.3) is 10.9 Å². The number of aromatic nitrogens is 2. The van der Waals surface area contributed by atoms with Crippen LogP contribution in [0.1, 0.15) is 12.2 Å². The molecule has 136 valence electrons. The number of aliphatic hydroxyl groups is 4. The number of aryl methyl sites for hydroxylation is 1. The van der Waals surface area contributed by atoms with Crippen molar-refractivity contribution >= 4 is 10.9 Å². The summed E-state index contributed by atoms with van der Waals surface area (Å²) in [7, 11) is 0. The molecule has 1 aliphatic rings. The molecule has 0 aliphatic carbocycles. The second-order valence-corrected chi connectivity index (χ2v) is 6.02. The molecule has 0 bridgehead atoms. The summed E-state index contributed by atoms with van der Waals surface area (Å²) in [4.78, 5) is 8.77. The molecule has 0 spiro atoms. The van der Waals surface area contributed by atoms with Gasteiger partial charge in [0.05, 0.1) is 18.7 Å². The molecule has 2 aromatic rings. The Hall–Kier alpha value is -1.68. The van der Waals surface area contributed by atoms with Gasteiger partial charge in [0.1, 0.15) is 30.2 Å². The van der Waals surface area contributed by atoms with E-state index < -0.39 is 37.3 Å². The molecule has 0 radical (unpaired) electrons. The maximum atomic E-state index is 9.89. The minimum absolute atomic E-state index is 0.249. The van der Waals surface area contributed by atoms with Crippen LogP contribution in [-0.2, 0) is 15.9 Å². The van der Waals surface area contributed by atoms with Gasteiger partial charge in [-0.15, -0.1) is 0 Å². The number of hydrogen-bond donors (Lipinski definition) is 4. The third-order valence-corrected chi connectivity index (χ3v) is 4.21. The standard InChI is InChI=1S/C17H22N2O6/c20-9-12-14(21)15(22)16(23)17(25-12)24-7-3-6-13-18-8-10-4-1-2-5-11(10)19-13/h1-2,4-5,8,12,14-17,20-23H,3,6-7,9H2/t12-,14-,15+,16-,17-/m1/s1. The molecule has 1 fully saturated rings. The zero-order valence-corrected chi connectivity index (χ0v) is 13.6. The third-order valence-electron chi connectivity index (χ3n) is 4.21. The summed E-state index contributed by atoms with van der Waals surface area (Å²) in [5.41, 5.74) is 0.877. The first kappa shape index (κ1) is 18.1. The number of rotatable bonds is 6. The molecule has 1 saturated heterocycles. The van der Waals surface area contributed by atoms with Gasteiger partial charge >= 0.3 is 0 Å². The first-order chi connectivity index (χ1) is 12.1. The summed E-state index contributed by atoms with van der Waals surface area (Å²) in [6.07, 6.45) is -3.31. The Bertz CT molecular complexity index is 698. The van der Waals surface area contributed by atoms with Gasteiger partial charge < -0.3 is 29.9 Å². The summed E-state index contributed by atoms with van der Waals surface area (Å²) in [6.45, 7) is -0.228. The van der Waals surface area contributed by atoms with E-state index in [9.17, 15) is 15.3 Å². The van der Waals surface area contributed by atoms with Gasteiger partial charge in [0.25, 0.3) is 0 Å². The van der Waals surface area contributed by atoms with Crippen LogP contribution in [0.4, 0.5) is 0 Å². The van der Waals surface area contributed by atoms with Crippen LogP contribution in [0, 0.1) is 0 Å². The lowest BCUT2D eigenvalue weighted by atomic mass is 9.99. The van der Waals surface area contributed by atoms with Crippen LogP contribution in [0.3, 0.4) is 0 Å². The molecule has 8 heteroatoms. The number of fused-ring (bicyclic) bond motifs is 1. The molecular weight excluding hydrogens is 328 g/mol. The highest BCUT2D eigenvalue weighted by molar-refractivity contribution is 5.77. The molecule has 1 aromatic carbocycles. The van der Waals surface area contributed by atoms with Crippen molar-refractivity contribution in [1.82, 2.24) is 9.97 Å². The molecule has 8 nitrogen and oxygen atoms in total. The van der Waals surface area contributed by atoms with E-state index in [4.69, 9.17) is 14.6 Å². The van der Waals surface area contributed by atoms with Crippen molar-refractivity contribution in [3.05, 3.63) is 36.3 Å². The molecule has 5 atom stereocenters. The predicted molar refractivity (Wildman–Crippen MR) is 87.6 cm³/mol. The first-order valence-electron chi connectivity index (χ1n) is 8.23. The Balaban J connectivity index is 1.50. The lowest BCUT2D eigenvalue weighted by Gasteiger charge is -2.39. The molecule has 3 rings (SSSR count). The maximum Gasteiger partial charge on any atom is 0.186 e. The van der Waals surface area contributed by atoms with Crippen LogP contribution in [0.15, 0.2) is 30.5 Å². The molecule has 2 heterocycles. The van der Waals surface area contributed by atoms with Gasteiger partial charge in [0.15, 0.2) is 6.29 Å². The van der Waals surface area contributed by atoms with Crippen molar-refractivity contribution < 1.29 is 29.9 Å². The fourth-order valence-electron chi connectivity index (χ4n) is 2.77. The minimum atomic E-state index is -1.43. The van der Waals surface area contributed by atoms with Gasteiger partial charge in [-0.1, -0.05) is 18.2 Å². The molecule has 1 aliphatic heterocycles. The highest BCUT2D eigenvalue weighted by atomic mass is 16.7. The Labute approximate surface area is 144 Å². The SMILES string of the molecule is OC[C@H]1O[C@@H](OCCCc2ncc3ccccc3n2)[C@H](O)[C@@H](O)[C@@H]1O. The smallest absolute Gasteiger partial charge is 0.186 e. The highest BCUT2D eigenvalue weighted by Crippen LogP contribution is 2.22. The summed E-state index contributed by atoms with van der Waals surface area (Å²) >= 11 is 0. The van der Waals surface area contributed by atoms with Crippen LogP contribution in [0.5, 0.6) is 0 Å². The second-order valence-electron chi connectivity index (χ2n) is 6.02. The van der Waals surface area contributed by atoms with Crippen LogP contribution in [0.2, 0.25) is 0 Å². The number of hydrogen-bond acceptors (Lipinski definition) is 8.